The van der Waals surface area contributed by atoms with E-state index in [1.807, 2.05) is 0 Å². The summed E-state index contributed by atoms with van der Waals surface area (Å²) >= 11 is 0. The quantitative estimate of drug-likeness (QED) is 0.619. The van der Waals surface area contributed by atoms with Crippen molar-refractivity contribution >= 4 is 29.0 Å². The van der Waals surface area contributed by atoms with E-state index < -0.39 is 23.6 Å². The van der Waals surface area contributed by atoms with Gasteiger partial charge in [0.15, 0.2) is 11.5 Å². The number of anilines is 3. The Hall–Kier alpha value is -3.95. The summed E-state index contributed by atoms with van der Waals surface area (Å²) in [6.07, 6.45) is -1.87. The Kier molecular flexibility index (Phi) is 5.44. The van der Waals surface area contributed by atoms with Gasteiger partial charge in [0.25, 0.3) is 11.8 Å². The second kappa shape index (κ2) is 7.97. The van der Waals surface area contributed by atoms with Crippen LogP contribution in [0.3, 0.4) is 0 Å². The molecule has 1 aromatic heterocycles. The Labute approximate surface area is 162 Å². The van der Waals surface area contributed by atoms with Crippen LogP contribution in [0.25, 0.3) is 0 Å². The number of carbonyl (C=O) groups excluding carboxylic acids is 2. The highest BCUT2D eigenvalue weighted by Gasteiger charge is 2.30. The first kappa shape index (κ1) is 19.8. The summed E-state index contributed by atoms with van der Waals surface area (Å²) in [5.74, 6) is -1.31. The lowest BCUT2D eigenvalue weighted by molar-refractivity contribution is -0.137. The number of aromatic nitrogens is 2. The molecule has 1 heterocycles. The number of benzene rings is 2. The average Bonchev–Trinajstić information content (AvgIpc) is 2.68. The van der Waals surface area contributed by atoms with Gasteiger partial charge in [-0.05, 0) is 36.4 Å². The first-order chi connectivity index (χ1) is 13.7. The molecule has 0 aliphatic heterocycles. The first-order valence-electron chi connectivity index (χ1n) is 8.20. The molecule has 0 saturated heterocycles. The van der Waals surface area contributed by atoms with E-state index in [2.05, 4.69) is 20.6 Å². The van der Waals surface area contributed by atoms with E-state index in [1.165, 1.54) is 48.8 Å². The Balaban J connectivity index is 1.75. The van der Waals surface area contributed by atoms with Crippen LogP contribution in [0.4, 0.5) is 30.4 Å². The predicted octanol–water partition coefficient (Wildman–Crippen LogP) is 3.58. The molecule has 0 unspecified atom stereocenters. The number of halogens is 3. The van der Waals surface area contributed by atoms with Crippen molar-refractivity contribution in [1.82, 2.24) is 9.97 Å². The molecule has 0 radical (unpaired) electrons. The van der Waals surface area contributed by atoms with Gasteiger partial charge in [-0.1, -0.05) is 12.1 Å². The molecule has 2 aromatic carbocycles. The van der Waals surface area contributed by atoms with Gasteiger partial charge < -0.3 is 16.4 Å². The van der Waals surface area contributed by atoms with E-state index >= 15 is 0 Å². The highest BCUT2D eigenvalue weighted by Crippen LogP contribution is 2.30. The van der Waals surface area contributed by atoms with E-state index in [9.17, 15) is 22.8 Å². The number of nitrogens with zero attached hydrogens (tertiary/aromatic N) is 2. The van der Waals surface area contributed by atoms with Crippen LogP contribution in [0.5, 0.6) is 0 Å². The number of hydrogen-bond donors (Lipinski definition) is 3. The Morgan fingerprint density at radius 1 is 0.862 bits per heavy atom. The molecule has 10 heteroatoms. The molecule has 0 bridgehead atoms. The van der Waals surface area contributed by atoms with Crippen molar-refractivity contribution in [2.45, 2.75) is 6.18 Å². The van der Waals surface area contributed by atoms with Crippen molar-refractivity contribution in [3.05, 3.63) is 77.7 Å². The lowest BCUT2D eigenvalue weighted by atomic mass is 10.1. The van der Waals surface area contributed by atoms with Gasteiger partial charge in [-0.25, -0.2) is 9.97 Å². The maximum Gasteiger partial charge on any atom is 0.416 e. The fourth-order valence-electron chi connectivity index (χ4n) is 2.43. The SMILES string of the molecule is Nc1nccnc1C(=O)Nc1cccc(C(=O)Nc2cccc(C(F)(F)F)c2)c1. The van der Waals surface area contributed by atoms with Gasteiger partial charge in [0.05, 0.1) is 5.56 Å². The molecule has 0 atom stereocenters. The predicted molar refractivity (Wildman–Crippen MR) is 100 cm³/mol. The largest absolute Gasteiger partial charge is 0.416 e. The minimum Gasteiger partial charge on any atom is -0.382 e. The molecular formula is C19H14F3N5O2. The fourth-order valence-corrected chi connectivity index (χ4v) is 2.43. The van der Waals surface area contributed by atoms with Gasteiger partial charge in [-0.3, -0.25) is 9.59 Å². The van der Waals surface area contributed by atoms with Crippen molar-refractivity contribution in [1.29, 1.82) is 0 Å². The highest BCUT2D eigenvalue weighted by atomic mass is 19.4. The molecular weight excluding hydrogens is 387 g/mol. The van der Waals surface area contributed by atoms with E-state index in [0.717, 1.165) is 12.1 Å². The molecule has 0 fully saturated rings. The van der Waals surface area contributed by atoms with Crippen molar-refractivity contribution in [2.24, 2.45) is 0 Å². The normalized spacial score (nSPS) is 11.0. The summed E-state index contributed by atoms with van der Waals surface area (Å²) < 4.78 is 38.4. The number of rotatable bonds is 4. The van der Waals surface area contributed by atoms with Crippen LogP contribution >= 0.6 is 0 Å². The monoisotopic (exact) mass is 401 g/mol. The van der Waals surface area contributed by atoms with Crippen LogP contribution < -0.4 is 16.4 Å². The molecule has 29 heavy (non-hydrogen) atoms. The van der Waals surface area contributed by atoms with Crippen molar-refractivity contribution in [3.63, 3.8) is 0 Å². The lowest BCUT2D eigenvalue weighted by Gasteiger charge is -2.11. The minimum atomic E-state index is -4.52. The fraction of sp³-hybridized carbons (Fsp3) is 0.0526. The zero-order chi connectivity index (χ0) is 21.0. The third-order valence-electron chi connectivity index (χ3n) is 3.77. The zero-order valence-electron chi connectivity index (χ0n) is 14.7. The number of carbonyl (C=O) groups is 2. The molecule has 2 amide bonds. The smallest absolute Gasteiger partial charge is 0.382 e. The van der Waals surface area contributed by atoms with Crippen LogP contribution in [-0.4, -0.2) is 21.8 Å². The number of alkyl halides is 3. The van der Waals surface area contributed by atoms with Gasteiger partial charge in [-0.2, -0.15) is 13.2 Å². The van der Waals surface area contributed by atoms with E-state index in [1.54, 1.807) is 0 Å². The number of nitrogens with one attached hydrogen (secondary N) is 2. The summed E-state index contributed by atoms with van der Waals surface area (Å²) in [5.41, 5.74) is 5.05. The summed E-state index contributed by atoms with van der Waals surface area (Å²) in [7, 11) is 0. The first-order valence-corrected chi connectivity index (χ1v) is 8.20. The number of nitrogens with two attached hydrogens (primary N) is 1. The molecule has 7 nitrogen and oxygen atoms in total. The van der Waals surface area contributed by atoms with E-state index in [-0.39, 0.29) is 28.5 Å². The standard InChI is InChI=1S/C19H14F3N5O2/c20-19(21,22)12-4-2-6-14(10-12)26-17(28)11-3-1-5-13(9-11)27-18(29)15-16(23)25-8-7-24-15/h1-10H,(H2,23,25)(H,26,28)(H,27,29). The summed E-state index contributed by atoms with van der Waals surface area (Å²) in [4.78, 5) is 32.2. The lowest BCUT2D eigenvalue weighted by Crippen LogP contribution is -2.17. The second-order valence-electron chi connectivity index (χ2n) is 5.86. The molecule has 148 valence electrons. The summed E-state index contributed by atoms with van der Waals surface area (Å²) in [5, 5.41) is 4.94. The van der Waals surface area contributed by atoms with Crippen LogP contribution in [0.2, 0.25) is 0 Å². The summed E-state index contributed by atoms with van der Waals surface area (Å²) in [6.45, 7) is 0. The summed E-state index contributed by atoms with van der Waals surface area (Å²) in [6, 6.07) is 10.1. The van der Waals surface area contributed by atoms with Gasteiger partial charge in [-0.15, -0.1) is 0 Å². The average molecular weight is 401 g/mol. The van der Waals surface area contributed by atoms with Crippen molar-refractivity contribution in [2.75, 3.05) is 16.4 Å². The third-order valence-corrected chi connectivity index (χ3v) is 3.77. The molecule has 0 aliphatic rings. The van der Waals surface area contributed by atoms with Crippen LogP contribution in [0.1, 0.15) is 26.4 Å². The molecule has 0 saturated carbocycles. The molecule has 3 rings (SSSR count). The van der Waals surface area contributed by atoms with Crippen LogP contribution in [0.15, 0.2) is 60.9 Å². The Morgan fingerprint density at radius 3 is 2.17 bits per heavy atom. The number of amides is 2. The van der Waals surface area contributed by atoms with Crippen molar-refractivity contribution in [3.8, 4) is 0 Å². The van der Waals surface area contributed by atoms with Gasteiger partial charge in [0, 0.05) is 29.3 Å². The molecule has 0 spiro atoms. The Bertz CT molecular complexity index is 1070. The maximum atomic E-state index is 12.8. The number of hydrogen-bond acceptors (Lipinski definition) is 5. The zero-order valence-corrected chi connectivity index (χ0v) is 14.7. The molecule has 4 N–H and O–H groups in total. The van der Waals surface area contributed by atoms with Gasteiger partial charge >= 0.3 is 6.18 Å². The van der Waals surface area contributed by atoms with Gasteiger partial charge in [0.2, 0.25) is 0 Å². The number of nitrogen functional groups attached to an aromatic ring is 1. The topological polar surface area (TPSA) is 110 Å². The Morgan fingerprint density at radius 2 is 1.48 bits per heavy atom. The second-order valence-corrected chi connectivity index (χ2v) is 5.86. The minimum absolute atomic E-state index is 0.00778. The molecule has 3 aromatic rings. The molecule has 0 aliphatic carbocycles. The van der Waals surface area contributed by atoms with Gasteiger partial charge in [0.1, 0.15) is 0 Å². The van der Waals surface area contributed by atoms with E-state index in [0.29, 0.717) is 0 Å². The van der Waals surface area contributed by atoms with Crippen LogP contribution in [-0.2, 0) is 6.18 Å². The van der Waals surface area contributed by atoms with Crippen molar-refractivity contribution < 1.29 is 22.8 Å². The third kappa shape index (κ3) is 4.86. The maximum absolute atomic E-state index is 12.8. The highest BCUT2D eigenvalue weighted by molar-refractivity contribution is 6.08. The van der Waals surface area contributed by atoms with E-state index in [4.69, 9.17) is 5.73 Å². The van der Waals surface area contributed by atoms with Crippen LogP contribution in [0, 0.1) is 0 Å².